The molecule has 0 aliphatic carbocycles. The van der Waals surface area contributed by atoms with Gasteiger partial charge in [0, 0.05) is 19.6 Å². The molecule has 2 rings (SSSR count). The van der Waals surface area contributed by atoms with Gasteiger partial charge in [0.15, 0.2) is 6.10 Å². The van der Waals surface area contributed by atoms with Crippen LogP contribution in [0, 0.1) is 0 Å². The number of esters is 1. The molecular weight excluding hydrogens is 380 g/mol. The Balaban J connectivity index is 1.79. The maximum Gasteiger partial charge on any atom is 0.307 e. The fraction of sp³-hybridized carbons (Fsp3) is 0.529. The summed E-state index contributed by atoms with van der Waals surface area (Å²) in [6.45, 7) is 2.75. The lowest BCUT2D eigenvalue weighted by atomic mass is 10.1. The lowest BCUT2D eigenvalue weighted by Gasteiger charge is -2.28. The summed E-state index contributed by atoms with van der Waals surface area (Å²) < 4.78 is 31.7. The predicted octanol–water partition coefficient (Wildman–Crippen LogP) is 1.95. The first-order valence-corrected chi connectivity index (χ1v) is 10.4. The molecule has 1 N–H and O–H groups in total. The first-order chi connectivity index (χ1) is 12.3. The van der Waals surface area contributed by atoms with E-state index < -0.39 is 22.1 Å². The lowest BCUT2D eigenvalue weighted by molar-refractivity contribution is -0.159. The molecule has 1 aromatic rings. The van der Waals surface area contributed by atoms with Crippen molar-refractivity contribution in [1.82, 2.24) is 9.62 Å². The second kappa shape index (κ2) is 9.34. The predicted molar refractivity (Wildman–Crippen MR) is 97.2 cm³/mol. The van der Waals surface area contributed by atoms with Crippen LogP contribution in [0.25, 0.3) is 0 Å². The van der Waals surface area contributed by atoms with E-state index >= 15 is 0 Å². The van der Waals surface area contributed by atoms with E-state index in [-0.39, 0.29) is 28.8 Å². The molecule has 0 saturated carbocycles. The van der Waals surface area contributed by atoms with Crippen LogP contribution < -0.4 is 4.72 Å². The van der Waals surface area contributed by atoms with E-state index in [1.54, 1.807) is 17.0 Å². The summed E-state index contributed by atoms with van der Waals surface area (Å²) in [5, 5.41) is 0.100. The minimum atomic E-state index is -3.81. The van der Waals surface area contributed by atoms with Gasteiger partial charge in [-0.3, -0.25) is 9.59 Å². The summed E-state index contributed by atoms with van der Waals surface area (Å²) in [5.41, 5.74) is 0. The van der Waals surface area contributed by atoms with E-state index in [9.17, 15) is 18.0 Å². The zero-order chi connectivity index (χ0) is 19.2. The van der Waals surface area contributed by atoms with Crippen molar-refractivity contribution in [1.29, 1.82) is 0 Å². The van der Waals surface area contributed by atoms with Gasteiger partial charge in [-0.1, -0.05) is 23.7 Å². The number of piperidine rings is 1. The molecule has 1 saturated heterocycles. The van der Waals surface area contributed by atoms with E-state index in [1.165, 1.54) is 19.1 Å². The smallest absolute Gasteiger partial charge is 0.307 e. The van der Waals surface area contributed by atoms with Crippen LogP contribution in [0.3, 0.4) is 0 Å². The van der Waals surface area contributed by atoms with Crippen LogP contribution in [0.15, 0.2) is 29.2 Å². The first-order valence-electron chi connectivity index (χ1n) is 8.54. The molecular formula is C17H23ClN2O5S. The molecule has 1 aromatic carbocycles. The van der Waals surface area contributed by atoms with Crippen molar-refractivity contribution in [2.45, 2.75) is 43.6 Å². The first kappa shape index (κ1) is 20.7. The van der Waals surface area contributed by atoms with E-state index in [2.05, 4.69) is 4.72 Å². The van der Waals surface area contributed by atoms with E-state index in [0.717, 1.165) is 19.3 Å². The van der Waals surface area contributed by atoms with Crippen molar-refractivity contribution in [2.75, 3.05) is 19.6 Å². The molecule has 0 radical (unpaired) electrons. The quantitative estimate of drug-likeness (QED) is 0.703. The number of ether oxygens (including phenoxy) is 1. The van der Waals surface area contributed by atoms with Gasteiger partial charge in [-0.15, -0.1) is 0 Å². The molecule has 0 aromatic heterocycles. The Morgan fingerprint density at radius 2 is 1.88 bits per heavy atom. The topological polar surface area (TPSA) is 92.8 Å². The minimum absolute atomic E-state index is 0.0521. The molecule has 1 unspecified atom stereocenters. The molecule has 1 atom stereocenters. The van der Waals surface area contributed by atoms with Crippen molar-refractivity contribution < 1.29 is 22.7 Å². The minimum Gasteiger partial charge on any atom is -0.452 e. The second-order valence-electron chi connectivity index (χ2n) is 6.10. The number of amides is 1. The van der Waals surface area contributed by atoms with Gasteiger partial charge in [0.1, 0.15) is 4.90 Å². The Morgan fingerprint density at radius 1 is 1.23 bits per heavy atom. The van der Waals surface area contributed by atoms with E-state index in [0.29, 0.717) is 13.1 Å². The van der Waals surface area contributed by atoms with Crippen LogP contribution in [0.1, 0.15) is 32.6 Å². The molecule has 1 aliphatic rings. The van der Waals surface area contributed by atoms with Crippen molar-refractivity contribution in [3.63, 3.8) is 0 Å². The number of hydrogen-bond donors (Lipinski definition) is 1. The molecule has 1 heterocycles. The van der Waals surface area contributed by atoms with Crippen LogP contribution in [-0.2, 0) is 24.3 Å². The van der Waals surface area contributed by atoms with Gasteiger partial charge in [-0.2, -0.15) is 0 Å². The zero-order valence-electron chi connectivity index (χ0n) is 14.6. The summed E-state index contributed by atoms with van der Waals surface area (Å²) in [6.07, 6.45) is 1.96. The van der Waals surface area contributed by atoms with Crippen LogP contribution in [0.5, 0.6) is 0 Å². The van der Waals surface area contributed by atoms with Gasteiger partial charge in [0.2, 0.25) is 10.0 Å². The molecule has 26 heavy (non-hydrogen) atoms. The van der Waals surface area contributed by atoms with Gasteiger partial charge < -0.3 is 9.64 Å². The molecule has 7 nitrogen and oxygen atoms in total. The summed E-state index contributed by atoms with van der Waals surface area (Å²) in [7, 11) is -3.81. The summed E-state index contributed by atoms with van der Waals surface area (Å²) >= 11 is 5.87. The highest BCUT2D eigenvalue weighted by Gasteiger charge is 2.25. The van der Waals surface area contributed by atoms with E-state index in [4.69, 9.17) is 16.3 Å². The van der Waals surface area contributed by atoms with Crippen molar-refractivity contribution in [3.8, 4) is 0 Å². The molecule has 0 bridgehead atoms. The molecule has 144 valence electrons. The highest BCUT2D eigenvalue weighted by molar-refractivity contribution is 7.89. The van der Waals surface area contributed by atoms with Crippen LogP contribution in [0.4, 0.5) is 0 Å². The number of benzene rings is 1. The fourth-order valence-corrected chi connectivity index (χ4v) is 4.26. The Hall–Kier alpha value is -1.64. The van der Waals surface area contributed by atoms with E-state index in [1.807, 2.05) is 0 Å². The number of hydrogen-bond acceptors (Lipinski definition) is 5. The number of carbonyl (C=O) groups excluding carboxylic acids is 2. The monoisotopic (exact) mass is 402 g/mol. The average molecular weight is 403 g/mol. The van der Waals surface area contributed by atoms with Gasteiger partial charge >= 0.3 is 5.97 Å². The lowest BCUT2D eigenvalue weighted by Crippen LogP contribution is -2.42. The maximum absolute atomic E-state index is 12.2. The summed E-state index contributed by atoms with van der Waals surface area (Å²) in [5.74, 6) is -0.848. The normalized spacial score (nSPS) is 16.2. The van der Waals surface area contributed by atoms with Crippen molar-refractivity contribution in [2.24, 2.45) is 0 Å². The third kappa shape index (κ3) is 5.69. The third-order valence-corrected chi connectivity index (χ3v) is 6.03. The summed E-state index contributed by atoms with van der Waals surface area (Å²) in [4.78, 5) is 25.7. The maximum atomic E-state index is 12.2. The summed E-state index contributed by atoms with van der Waals surface area (Å²) in [6, 6.07) is 6.03. The Labute approximate surface area is 158 Å². The number of rotatable bonds is 7. The van der Waals surface area contributed by atoms with Gasteiger partial charge in [0.05, 0.1) is 11.4 Å². The molecule has 0 spiro atoms. The van der Waals surface area contributed by atoms with Crippen molar-refractivity contribution in [3.05, 3.63) is 29.3 Å². The number of nitrogens with one attached hydrogen (secondary N) is 1. The molecule has 1 fully saturated rings. The van der Waals surface area contributed by atoms with Crippen molar-refractivity contribution >= 4 is 33.5 Å². The van der Waals surface area contributed by atoms with Crippen LogP contribution in [-0.4, -0.2) is 50.9 Å². The standard InChI is InChI=1S/C17H23ClN2O5S/c1-13(17(22)20-11-5-2-6-12-20)25-16(21)9-10-19-26(23,24)15-8-4-3-7-14(15)18/h3-4,7-8,13,19H,2,5-6,9-12H2,1H3. The third-order valence-electron chi connectivity index (χ3n) is 4.07. The number of sulfonamides is 1. The van der Waals surface area contributed by atoms with Gasteiger partial charge in [0.25, 0.3) is 5.91 Å². The van der Waals surface area contributed by atoms with Gasteiger partial charge in [-0.05, 0) is 38.3 Å². The number of halogens is 1. The molecule has 1 amide bonds. The highest BCUT2D eigenvalue weighted by atomic mass is 35.5. The molecule has 1 aliphatic heterocycles. The fourth-order valence-electron chi connectivity index (χ4n) is 2.71. The number of carbonyl (C=O) groups is 2. The molecule has 9 heteroatoms. The van der Waals surface area contributed by atoms with Crippen LogP contribution in [0.2, 0.25) is 5.02 Å². The highest BCUT2D eigenvalue weighted by Crippen LogP contribution is 2.20. The Bertz CT molecular complexity index is 747. The SMILES string of the molecule is CC(OC(=O)CCNS(=O)(=O)c1ccccc1Cl)C(=O)N1CCCCC1. The van der Waals surface area contributed by atoms with Gasteiger partial charge in [-0.25, -0.2) is 13.1 Å². The Morgan fingerprint density at radius 3 is 2.54 bits per heavy atom. The Kier molecular flexibility index (Phi) is 7.43. The number of likely N-dealkylation sites (tertiary alicyclic amines) is 1. The number of nitrogens with zero attached hydrogens (tertiary/aromatic N) is 1. The largest absolute Gasteiger partial charge is 0.452 e. The second-order valence-corrected chi connectivity index (χ2v) is 8.24. The van der Waals surface area contributed by atoms with Crippen LogP contribution >= 0.6 is 11.6 Å². The average Bonchev–Trinajstić information content (AvgIpc) is 2.61. The zero-order valence-corrected chi connectivity index (χ0v) is 16.2.